The summed E-state index contributed by atoms with van der Waals surface area (Å²) in [5.41, 5.74) is 5.11. The van der Waals surface area contributed by atoms with E-state index in [1.54, 1.807) is 11.8 Å². The molecule has 0 spiro atoms. The van der Waals surface area contributed by atoms with Gasteiger partial charge >= 0.3 is 5.97 Å². The van der Waals surface area contributed by atoms with Crippen molar-refractivity contribution in [3.8, 4) is 0 Å². The fourth-order valence-corrected chi connectivity index (χ4v) is 4.41. The number of carbonyl (C=O) groups is 1. The predicted octanol–water partition coefficient (Wildman–Crippen LogP) is 2.49. The first-order valence-corrected chi connectivity index (χ1v) is 7.71. The Morgan fingerprint density at radius 2 is 2.12 bits per heavy atom. The molecule has 3 atom stereocenters. The third-order valence-corrected chi connectivity index (χ3v) is 5.69. The van der Waals surface area contributed by atoms with E-state index in [2.05, 4.69) is 6.92 Å². The van der Waals surface area contributed by atoms with Crippen molar-refractivity contribution in [2.45, 2.75) is 56.2 Å². The smallest absolute Gasteiger partial charge is 0.324 e. The quantitative estimate of drug-likeness (QED) is 0.794. The molecule has 0 aliphatic heterocycles. The minimum absolute atomic E-state index is 0.216. The molecule has 17 heavy (non-hydrogen) atoms. The second-order valence-corrected chi connectivity index (χ2v) is 7.11. The van der Waals surface area contributed by atoms with Crippen LogP contribution in [0.15, 0.2) is 0 Å². The van der Waals surface area contributed by atoms with Gasteiger partial charge in [-0.25, -0.2) is 0 Å². The minimum atomic E-state index is -0.967. The Bertz CT molecular complexity index is 293. The van der Waals surface area contributed by atoms with Gasteiger partial charge in [-0.15, -0.1) is 0 Å². The SMILES string of the molecule is CC1CCCC(SCC(N)(C(=O)O)C2CC2)C1. The third-order valence-electron chi connectivity index (χ3n) is 4.15. The highest BCUT2D eigenvalue weighted by molar-refractivity contribution is 8.00. The van der Waals surface area contributed by atoms with Gasteiger partial charge in [0.25, 0.3) is 0 Å². The second kappa shape index (κ2) is 5.19. The molecule has 0 aromatic carbocycles. The summed E-state index contributed by atoms with van der Waals surface area (Å²) in [5, 5.41) is 9.91. The second-order valence-electron chi connectivity index (χ2n) is 5.82. The molecule has 3 N–H and O–H groups in total. The van der Waals surface area contributed by atoms with Crippen LogP contribution in [0.5, 0.6) is 0 Å². The molecule has 0 aromatic rings. The third kappa shape index (κ3) is 3.16. The summed E-state index contributed by atoms with van der Waals surface area (Å²) in [6, 6.07) is 0. The monoisotopic (exact) mass is 257 g/mol. The number of thioether (sulfide) groups is 1. The van der Waals surface area contributed by atoms with Crippen molar-refractivity contribution < 1.29 is 9.90 Å². The highest BCUT2D eigenvalue weighted by Crippen LogP contribution is 2.42. The van der Waals surface area contributed by atoms with Gasteiger partial charge in [0.05, 0.1) is 0 Å². The van der Waals surface area contributed by atoms with E-state index in [-0.39, 0.29) is 5.92 Å². The Morgan fingerprint density at radius 1 is 1.41 bits per heavy atom. The van der Waals surface area contributed by atoms with Crippen LogP contribution in [0.2, 0.25) is 0 Å². The lowest BCUT2D eigenvalue weighted by Crippen LogP contribution is -2.52. The fraction of sp³-hybridized carbons (Fsp3) is 0.923. The fourth-order valence-electron chi connectivity index (χ4n) is 2.74. The molecule has 2 rings (SSSR count). The number of hydrogen-bond acceptors (Lipinski definition) is 3. The molecule has 2 fully saturated rings. The van der Waals surface area contributed by atoms with Gasteiger partial charge in [0.15, 0.2) is 0 Å². The lowest BCUT2D eigenvalue weighted by molar-refractivity contribution is -0.143. The van der Waals surface area contributed by atoms with Crippen molar-refractivity contribution in [2.24, 2.45) is 17.6 Å². The van der Waals surface area contributed by atoms with Crippen molar-refractivity contribution in [3.63, 3.8) is 0 Å². The zero-order valence-electron chi connectivity index (χ0n) is 10.5. The molecule has 3 unspecified atom stereocenters. The van der Waals surface area contributed by atoms with E-state index in [0.29, 0.717) is 11.0 Å². The van der Waals surface area contributed by atoms with Crippen LogP contribution in [0.25, 0.3) is 0 Å². The Morgan fingerprint density at radius 3 is 2.65 bits per heavy atom. The molecule has 0 bridgehead atoms. The first-order chi connectivity index (χ1) is 8.02. The summed E-state index contributed by atoms with van der Waals surface area (Å²) in [5.74, 6) is 0.786. The van der Waals surface area contributed by atoms with Crippen molar-refractivity contribution >= 4 is 17.7 Å². The summed E-state index contributed by atoms with van der Waals surface area (Å²) < 4.78 is 0. The standard InChI is InChI=1S/C13H23NO2S/c1-9-3-2-4-11(7-9)17-8-13(14,12(15)16)10-5-6-10/h9-11H,2-8,14H2,1H3,(H,15,16). The molecule has 2 aliphatic carbocycles. The predicted molar refractivity (Wildman–Crippen MR) is 71.2 cm³/mol. The van der Waals surface area contributed by atoms with Crippen molar-refractivity contribution in [3.05, 3.63) is 0 Å². The summed E-state index contributed by atoms with van der Waals surface area (Å²) in [4.78, 5) is 11.3. The molecule has 4 heteroatoms. The van der Waals surface area contributed by atoms with Gasteiger partial charge < -0.3 is 10.8 Å². The van der Waals surface area contributed by atoms with Gasteiger partial charge in [-0.2, -0.15) is 11.8 Å². The molecule has 0 aromatic heterocycles. The van der Waals surface area contributed by atoms with Crippen LogP contribution in [0.3, 0.4) is 0 Å². The van der Waals surface area contributed by atoms with Crippen molar-refractivity contribution in [1.29, 1.82) is 0 Å². The van der Waals surface area contributed by atoms with Crippen LogP contribution in [0, 0.1) is 11.8 Å². The largest absolute Gasteiger partial charge is 0.480 e. The molecule has 2 aliphatic rings. The zero-order chi connectivity index (χ0) is 12.5. The van der Waals surface area contributed by atoms with E-state index in [1.165, 1.54) is 25.7 Å². The first-order valence-electron chi connectivity index (χ1n) is 6.66. The number of carboxylic acid groups (broad SMARTS) is 1. The van der Waals surface area contributed by atoms with Crippen LogP contribution in [0.1, 0.15) is 45.4 Å². The molecule has 98 valence electrons. The number of carboxylic acids is 1. The normalized spacial score (nSPS) is 33.1. The molecular weight excluding hydrogens is 234 g/mol. The van der Waals surface area contributed by atoms with Gasteiger partial charge in [-0.05, 0) is 37.5 Å². The Kier molecular flexibility index (Phi) is 4.03. The number of aliphatic carboxylic acids is 1. The molecule has 0 amide bonds. The molecule has 0 saturated heterocycles. The van der Waals surface area contributed by atoms with E-state index in [4.69, 9.17) is 5.73 Å². The van der Waals surface area contributed by atoms with E-state index < -0.39 is 11.5 Å². The number of nitrogens with two attached hydrogens (primary N) is 1. The van der Waals surface area contributed by atoms with E-state index in [1.807, 2.05) is 0 Å². The van der Waals surface area contributed by atoms with Gasteiger partial charge in [0.2, 0.25) is 0 Å². The zero-order valence-corrected chi connectivity index (χ0v) is 11.3. The maximum absolute atomic E-state index is 11.3. The van der Waals surface area contributed by atoms with E-state index in [9.17, 15) is 9.90 Å². The minimum Gasteiger partial charge on any atom is -0.480 e. The van der Waals surface area contributed by atoms with Gasteiger partial charge in [-0.1, -0.05) is 19.8 Å². The van der Waals surface area contributed by atoms with Crippen LogP contribution >= 0.6 is 11.8 Å². The Balaban J connectivity index is 1.85. The highest BCUT2D eigenvalue weighted by atomic mass is 32.2. The first kappa shape index (κ1) is 13.2. The molecule has 2 saturated carbocycles. The highest BCUT2D eigenvalue weighted by Gasteiger charge is 2.48. The lowest BCUT2D eigenvalue weighted by Gasteiger charge is -2.30. The van der Waals surface area contributed by atoms with Gasteiger partial charge in [0.1, 0.15) is 5.54 Å². The number of hydrogen-bond donors (Lipinski definition) is 2. The van der Waals surface area contributed by atoms with Crippen LogP contribution in [0.4, 0.5) is 0 Å². The Labute approximate surface area is 108 Å². The van der Waals surface area contributed by atoms with E-state index in [0.717, 1.165) is 18.8 Å². The molecule has 0 radical (unpaired) electrons. The molecule has 0 heterocycles. The maximum atomic E-state index is 11.3. The maximum Gasteiger partial charge on any atom is 0.324 e. The van der Waals surface area contributed by atoms with Gasteiger partial charge in [0, 0.05) is 11.0 Å². The van der Waals surface area contributed by atoms with Crippen molar-refractivity contribution in [1.82, 2.24) is 0 Å². The average Bonchev–Trinajstić information content (AvgIpc) is 3.09. The summed E-state index contributed by atoms with van der Waals surface area (Å²) in [6.45, 7) is 2.29. The molecule has 3 nitrogen and oxygen atoms in total. The lowest BCUT2D eigenvalue weighted by atomic mass is 9.90. The average molecular weight is 257 g/mol. The van der Waals surface area contributed by atoms with Crippen LogP contribution < -0.4 is 5.73 Å². The van der Waals surface area contributed by atoms with Crippen LogP contribution in [-0.4, -0.2) is 27.6 Å². The Hall–Kier alpha value is -0.220. The summed E-state index contributed by atoms with van der Waals surface area (Å²) in [6.07, 6.45) is 7.05. The molecular formula is C13H23NO2S. The topological polar surface area (TPSA) is 63.3 Å². The van der Waals surface area contributed by atoms with Crippen LogP contribution in [-0.2, 0) is 4.79 Å². The van der Waals surface area contributed by atoms with E-state index >= 15 is 0 Å². The van der Waals surface area contributed by atoms with Crippen molar-refractivity contribution in [2.75, 3.05) is 5.75 Å². The van der Waals surface area contributed by atoms with Gasteiger partial charge in [-0.3, -0.25) is 4.79 Å². The summed E-state index contributed by atoms with van der Waals surface area (Å²) >= 11 is 1.80. The number of rotatable bonds is 5. The summed E-state index contributed by atoms with van der Waals surface area (Å²) in [7, 11) is 0.